The number of hydrogen-bond donors (Lipinski definition) is 3. The summed E-state index contributed by atoms with van der Waals surface area (Å²) in [4.78, 5) is 31.7. The zero-order valence-corrected chi connectivity index (χ0v) is 13.7. The summed E-state index contributed by atoms with van der Waals surface area (Å²) in [7, 11) is 0. The molecule has 0 fully saturated rings. The molecule has 130 valence electrons. The number of H-pyrrole nitrogens is 1. The maximum atomic E-state index is 12.6. The molecule has 3 aromatic rings. The molecule has 1 aromatic heterocycles. The third kappa shape index (κ3) is 2.88. The van der Waals surface area contributed by atoms with E-state index in [2.05, 4.69) is 20.4 Å². The van der Waals surface area contributed by atoms with Gasteiger partial charge in [-0.2, -0.15) is 5.10 Å². The van der Waals surface area contributed by atoms with Crippen LogP contribution in [0.15, 0.2) is 59.7 Å². The fourth-order valence-electron chi connectivity index (χ4n) is 2.88. The third-order valence-corrected chi connectivity index (χ3v) is 4.14. The van der Waals surface area contributed by atoms with Gasteiger partial charge in [0.15, 0.2) is 0 Å². The number of hydrazone groups is 1. The maximum Gasteiger partial charge on any atom is 0.274 e. The number of rotatable bonds is 4. The first-order valence-electron chi connectivity index (χ1n) is 8.09. The Kier molecular flexibility index (Phi) is 3.85. The molecule has 1 aliphatic heterocycles. The molecule has 0 aliphatic carbocycles. The van der Waals surface area contributed by atoms with Crippen molar-refractivity contribution < 1.29 is 9.59 Å². The molecule has 0 radical (unpaired) electrons. The van der Waals surface area contributed by atoms with Gasteiger partial charge in [0.05, 0.1) is 16.7 Å². The molecule has 1 unspecified atom stereocenters. The number of carbonyl (C=O) groups is 2. The predicted octanol–water partition coefficient (Wildman–Crippen LogP) is 1.62. The summed E-state index contributed by atoms with van der Waals surface area (Å²) in [5.74, 6) is -0.634. The highest BCUT2D eigenvalue weighted by atomic mass is 16.2. The number of nitrogens with two attached hydrogens (primary N) is 1. The number of anilines is 2. The molecule has 26 heavy (non-hydrogen) atoms. The highest BCUT2D eigenvalue weighted by Crippen LogP contribution is 2.24. The second-order valence-corrected chi connectivity index (χ2v) is 5.91. The van der Waals surface area contributed by atoms with Gasteiger partial charge in [0.25, 0.3) is 5.91 Å². The quantitative estimate of drug-likeness (QED) is 0.664. The third-order valence-electron chi connectivity index (χ3n) is 4.14. The Morgan fingerprint density at radius 1 is 1.12 bits per heavy atom. The van der Waals surface area contributed by atoms with Gasteiger partial charge in [-0.3, -0.25) is 19.9 Å². The molecule has 1 atom stereocenters. The molecule has 2 heterocycles. The van der Waals surface area contributed by atoms with Gasteiger partial charge in [-0.15, -0.1) is 0 Å². The van der Waals surface area contributed by atoms with Crippen molar-refractivity contribution in [3.8, 4) is 0 Å². The molecule has 4 rings (SSSR count). The molecular weight excluding hydrogens is 332 g/mol. The van der Waals surface area contributed by atoms with Crippen LogP contribution in [0.5, 0.6) is 0 Å². The van der Waals surface area contributed by atoms with Gasteiger partial charge in [-0.25, -0.2) is 4.98 Å². The van der Waals surface area contributed by atoms with Crippen molar-refractivity contribution in [2.24, 2.45) is 10.8 Å². The summed E-state index contributed by atoms with van der Waals surface area (Å²) >= 11 is 0. The van der Waals surface area contributed by atoms with Crippen molar-refractivity contribution in [3.63, 3.8) is 0 Å². The second kappa shape index (κ2) is 6.32. The van der Waals surface area contributed by atoms with Crippen LogP contribution < -0.4 is 16.1 Å². The van der Waals surface area contributed by atoms with Gasteiger partial charge in [0.1, 0.15) is 11.8 Å². The molecule has 8 nitrogen and oxygen atoms in total. The number of fused-ring (bicyclic) bond motifs is 1. The summed E-state index contributed by atoms with van der Waals surface area (Å²) in [6.45, 7) is 0. The first kappa shape index (κ1) is 15.8. The SMILES string of the molecule is NC(=O)C1CC(C(=O)Nc2nc3ccccc3[nH]2)=NN1c1ccccc1. The molecule has 0 saturated carbocycles. The van der Waals surface area contributed by atoms with Gasteiger partial charge in [-0.05, 0) is 24.3 Å². The van der Waals surface area contributed by atoms with Crippen LogP contribution in [0.2, 0.25) is 0 Å². The Balaban J connectivity index is 1.58. The normalized spacial score (nSPS) is 16.5. The lowest BCUT2D eigenvalue weighted by Gasteiger charge is -2.20. The fraction of sp³-hybridized carbons (Fsp3) is 0.111. The molecular formula is C18H16N6O2. The zero-order chi connectivity index (χ0) is 18.1. The second-order valence-electron chi connectivity index (χ2n) is 5.91. The van der Waals surface area contributed by atoms with E-state index in [1.165, 1.54) is 5.01 Å². The van der Waals surface area contributed by atoms with Crippen molar-refractivity contribution in [2.75, 3.05) is 10.3 Å². The van der Waals surface area contributed by atoms with Gasteiger partial charge in [0, 0.05) is 6.42 Å². The number of hydrogen-bond acceptors (Lipinski definition) is 5. The largest absolute Gasteiger partial charge is 0.368 e. The topological polar surface area (TPSA) is 116 Å². The molecule has 8 heteroatoms. The first-order chi connectivity index (χ1) is 12.6. The summed E-state index contributed by atoms with van der Waals surface area (Å²) in [5, 5.41) is 8.48. The number of aromatic amines is 1. The first-order valence-corrected chi connectivity index (χ1v) is 8.09. The van der Waals surface area contributed by atoms with Crippen LogP contribution >= 0.6 is 0 Å². The number of para-hydroxylation sites is 3. The highest BCUT2D eigenvalue weighted by Gasteiger charge is 2.35. The standard InChI is InChI=1S/C18H16N6O2/c19-16(25)15-10-14(23-24(15)11-6-2-1-3-7-11)17(26)22-18-20-12-8-4-5-9-13(12)21-18/h1-9,15H,10H2,(H2,19,25)(H2,20,21,22,26). The minimum atomic E-state index is -0.700. The van der Waals surface area contributed by atoms with Crippen LogP contribution in [-0.4, -0.2) is 33.5 Å². The number of primary amides is 1. The van der Waals surface area contributed by atoms with E-state index >= 15 is 0 Å². The van der Waals surface area contributed by atoms with Crippen molar-refractivity contribution in [3.05, 3.63) is 54.6 Å². The Morgan fingerprint density at radius 2 is 1.85 bits per heavy atom. The molecule has 0 saturated heterocycles. The van der Waals surface area contributed by atoms with E-state index in [1.807, 2.05) is 42.5 Å². The average molecular weight is 348 g/mol. The van der Waals surface area contributed by atoms with Crippen LogP contribution in [0.4, 0.5) is 11.6 Å². The molecule has 2 aromatic carbocycles. The van der Waals surface area contributed by atoms with Crippen LogP contribution in [0.3, 0.4) is 0 Å². The predicted molar refractivity (Wildman–Crippen MR) is 98.7 cm³/mol. The number of benzene rings is 2. The van der Waals surface area contributed by atoms with E-state index in [4.69, 9.17) is 5.73 Å². The molecule has 2 amide bonds. The maximum absolute atomic E-state index is 12.6. The Hall–Kier alpha value is -3.68. The number of carbonyl (C=O) groups excluding carboxylic acids is 2. The molecule has 0 bridgehead atoms. The Labute approximate surface area is 148 Å². The Bertz CT molecular complexity index is 978. The zero-order valence-electron chi connectivity index (χ0n) is 13.7. The average Bonchev–Trinajstić information content (AvgIpc) is 3.26. The van der Waals surface area contributed by atoms with Gasteiger partial charge < -0.3 is 10.7 Å². The number of nitrogens with one attached hydrogen (secondary N) is 2. The lowest BCUT2D eigenvalue weighted by Crippen LogP contribution is -2.39. The summed E-state index contributed by atoms with van der Waals surface area (Å²) in [5.41, 5.74) is 7.97. The smallest absolute Gasteiger partial charge is 0.274 e. The highest BCUT2D eigenvalue weighted by molar-refractivity contribution is 6.44. The van der Waals surface area contributed by atoms with E-state index in [-0.39, 0.29) is 12.1 Å². The summed E-state index contributed by atoms with van der Waals surface area (Å²) < 4.78 is 0. The minimum Gasteiger partial charge on any atom is -0.368 e. The number of nitrogens with zero attached hydrogens (tertiary/aromatic N) is 3. The van der Waals surface area contributed by atoms with Crippen molar-refractivity contribution in [2.45, 2.75) is 12.5 Å². The molecule has 0 spiro atoms. The number of amides is 2. The van der Waals surface area contributed by atoms with Crippen molar-refractivity contribution in [1.29, 1.82) is 0 Å². The van der Waals surface area contributed by atoms with E-state index in [0.717, 1.165) is 11.0 Å². The van der Waals surface area contributed by atoms with Crippen LogP contribution in [0.25, 0.3) is 11.0 Å². The van der Waals surface area contributed by atoms with Crippen LogP contribution in [0, 0.1) is 0 Å². The van der Waals surface area contributed by atoms with E-state index in [9.17, 15) is 9.59 Å². The van der Waals surface area contributed by atoms with E-state index < -0.39 is 17.9 Å². The van der Waals surface area contributed by atoms with Crippen LogP contribution in [0.1, 0.15) is 6.42 Å². The summed E-state index contributed by atoms with van der Waals surface area (Å²) in [6.07, 6.45) is 0.135. The van der Waals surface area contributed by atoms with Gasteiger partial charge >= 0.3 is 0 Å². The number of aromatic nitrogens is 2. The summed E-state index contributed by atoms with van der Waals surface area (Å²) in [6, 6.07) is 15.9. The number of imidazole rings is 1. The van der Waals surface area contributed by atoms with Gasteiger partial charge in [0.2, 0.25) is 11.9 Å². The van der Waals surface area contributed by atoms with E-state index in [1.54, 1.807) is 12.1 Å². The molecule has 1 aliphatic rings. The lowest BCUT2D eigenvalue weighted by atomic mass is 10.1. The van der Waals surface area contributed by atoms with Crippen LogP contribution in [-0.2, 0) is 9.59 Å². The van der Waals surface area contributed by atoms with Gasteiger partial charge in [-0.1, -0.05) is 30.3 Å². The van der Waals surface area contributed by atoms with Crippen molar-refractivity contribution in [1.82, 2.24) is 9.97 Å². The molecule has 4 N–H and O–H groups in total. The lowest BCUT2D eigenvalue weighted by molar-refractivity contribution is -0.119. The Morgan fingerprint density at radius 3 is 2.58 bits per heavy atom. The fourth-order valence-corrected chi connectivity index (χ4v) is 2.88. The minimum absolute atomic E-state index is 0.135. The van der Waals surface area contributed by atoms with Crippen molar-refractivity contribution >= 4 is 40.2 Å². The van der Waals surface area contributed by atoms with E-state index in [0.29, 0.717) is 11.6 Å². The monoisotopic (exact) mass is 348 g/mol.